The molecule has 2 aromatic carbocycles. The highest BCUT2D eigenvalue weighted by molar-refractivity contribution is 7.89. The number of rotatable bonds is 10. The summed E-state index contributed by atoms with van der Waals surface area (Å²) in [5.74, 6) is -0.296. The van der Waals surface area contributed by atoms with Gasteiger partial charge in [-0.05, 0) is 55.0 Å². The van der Waals surface area contributed by atoms with Crippen LogP contribution >= 0.6 is 11.3 Å². The zero-order chi connectivity index (χ0) is 25.7. The molecule has 7 nitrogen and oxygen atoms in total. The number of thiazole rings is 1. The molecule has 0 atom stereocenters. The average Bonchev–Trinajstić information content (AvgIpc) is 3.33. The molecule has 4 aromatic rings. The van der Waals surface area contributed by atoms with E-state index >= 15 is 0 Å². The van der Waals surface area contributed by atoms with Crippen molar-refractivity contribution in [2.24, 2.45) is 0 Å². The molecule has 2 aromatic heterocycles. The fourth-order valence-corrected chi connectivity index (χ4v) is 6.13. The summed E-state index contributed by atoms with van der Waals surface area (Å²) in [7, 11) is -3.77. The second-order valence-electron chi connectivity index (χ2n) is 8.05. The Kier molecular flexibility index (Phi) is 7.73. The van der Waals surface area contributed by atoms with E-state index in [2.05, 4.69) is 18.1 Å². The molecule has 0 bridgehead atoms. The molecule has 4 rings (SSSR count). The number of aryl methyl sites for hydroxylation is 1. The molecule has 0 unspecified atom stereocenters. The molecule has 0 saturated carbocycles. The monoisotopic (exact) mass is 518 g/mol. The number of anilines is 1. The molecule has 0 aliphatic rings. The van der Waals surface area contributed by atoms with Gasteiger partial charge in [-0.25, -0.2) is 13.4 Å². The van der Waals surface area contributed by atoms with Gasteiger partial charge in [0.2, 0.25) is 10.0 Å². The zero-order valence-corrected chi connectivity index (χ0v) is 21.5. The van der Waals surface area contributed by atoms with Crippen molar-refractivity contribution in [2.75, 3.05) is 18.0 Å². The highest BCUT2D eigenvalue weighted by Crippen LogP contribution is 2.32. The molecule has 2 heterocycles. The summed E-state index contributed by atoms with van der Waals surface area (Å²) >= 11 is 1.43. The van der Waals surface area contributed by atoms with E-state index < -0.39 is 10.0 Å². The lowest BCUT2D eigenvalue weighted by Gasteiger charge is -2.21. The minimum atomic E-state index is -3.77. The maximum atomic E-state index is 13.7. The van der Waals surface area contributed by atoms with E-state index in [0.29, 0.717) is 16.4 Å². The van der Waals surface area contributed by atoms with Crippen LogP contribution in [0.2, 0.25) is 0 Å². The molecule has 0 saturated heterocycles. The lowest BCUT2D eigenvalue weighted by Crippen LogP contribution is -2.32. The minimum Gasteiger partial charge on any atom is -0.278 e. The summed E-state index contributed by atoms with van der Waals surface area (Å²) in [6.07, 6.45) is 4.72. The Hall–Kier alpha value is -3.66. The van der Waals surface area contributed by atoms with Gasteiger partial charge in [0, 0.05) is 24.8 Å². The van der Waals surface area contributed by atoms with E-state index in [1.165, 1.54) is 52.1 Å². The molecule has 184 valence electrons. The average molecular weight is 519 g/mol. The Morgan fingerprint density at radius 1 is 1.00 bits per heavy atom. The van der Waals surface area contributed by atoms with E-state index in [9.17, 15) is 13.2 Å². The summed E-state index contributed by atoms with van der Waals surface area (Å²) in [6.45, 7) is 9.79. The minimum absolute atomic E-state index is 0.0923. The molecule has 0 aliphatic heterocycles. The fraction of sp³-hybridized carbons (Fsp3) is 0.148. The van der Waals surface area contributed by atoms with Crippen LogP contribution in [0.5, 0.6) is 0 Å². The first kappa shape index (κ1) is 25.4. The van der Waals surface area contributed by atoms with Crippen LogP contribution in [-0.2, 0) is 16.6 Å². The topological polar surface area (TPSA) is 83.5 Å². The van der Waals surface area contributed by atoms with Gasteiger partial charge in [0.05, 0.1) is 27.4 Å². The van der Waals surface area contributed by atoms with Gasteiger partial charge in [0.1, 0.15) is 0 Å². The van der Waals surface area contributed by atoms with Gasteiger partial charge in [-0.3, -0.25) is 14.7 Å². The van der Waals surface area contributed by atoms with Crippen LogP contribution in [0.1, 0.15) is 21.6 Å². The van der Waals surface area contributed by atoms with E-state index in [0.717, 1.165) is 15.8 Å². The predicted octanol–water partition coefficient (Wildman–Crippen LogP) is 5.21. The number of para-hydroxylation sites is 1. The summed E-state index contributed by atoms with van der Waals surface area (Å²) in [5.41, 5.74) is 2.94. The van der Waals surface area contributed by atoms with E-state index in [1.54, 1.807) is 11.1 Å². The van der Waals surface area contributed by atoms with E-state index in [1.807, 2.05) is 43.3 Å². The predicted molar refractivity (Wildman–Crippen MR) is 145 cm³/mol. The van der Waals surface area contributed by atoms with Crippen LogP contribution < -0.4 is 4.90 Å². The number of hydrogen-bond acceptors (Lipinski definition) is 6. The summed E-state index contributed by atoms with van der Waals surface area (Å²) < 4.78 is 28.3. The second kappa shape index (κ2) is 10.9. The highest BCUT2D eigenvalue weighted by atomic mass is 32.2. The van der Waals surface area contributed by atoms with Gasteiger partial charge >= 0.3 is 0 Å². The van der Waals surface area contributed by atoms with E-state index in [-0.39, 0.29) is 30.4 Å². The SMILES string of the molecule is C=CCN(CC=C)S(=O)(=O)c1ccc(C(=O)N(Cc2ccccn2)c2nc3c(C)cccc3s2)cc1. The van der Waals surface area contributed by atoms with Crippen molar-refractivity contribution in [3.63, 3.8) is 0 Å². The van der Waals surface area contributed by atoms with Crippen molar-refractivity contribution in [1.82, 2.24) is 14.3 Å². The van der Waals surface area contributed by atoms with Crippen LogP contribution in [0, 0.1) is 6.92 Å². The van der Waals surface area contributed by atoms with Crippen molar-refractivity contribution in [3.05, 3.63) is 109 Å². The van der Waals surface area contributed by atoms with Crippen LogP contribution in [0.15, 0.2) is 97.1 Å². The lowest BCUT2D eigenvalue weighted by molar-refractivity contribution is 0.0984. The van der Waals surface area contributed by atoms with Gasteiger partial charge in [0.15, 0.2) is 5.13 Å². The molecular formula is C27H26N4O3S2. The number of hydrogen-bond donors (Lipinski definition) is 0. The van der Waals surface area contributed by atoms with Gasteiger partial charge in [-0.15, -0.1) is 13.2 Å². The molecule has 0 N–H and O–H groups in total. The Balaban J connectivity index is 1.69. The fourth-order valence-electron chi connectivity index (χ4n) is 3.70. The maximum Gasteiger partial charge on any atom is 0.260 e. The number of aromatic nitrogens is 2. The number of benzene rings is 2. The van der Waals surface area contributed by atoms with Crippen molar-refractivity contribution in [1.29, 1.82) is 0 Å². The second-order valence-corrected chi connectivity index (χ2v) is 11.0. The highest BCUT2D eigenvalue weighted by Gasteiger charge is 2.25. The quantitative estimate of drug-likeness (QED) is 0.269. The molecular weight excluding hydrogens is 492 g/mol. The van der Waals surface area contributed by atoms with Crippen molar-refractivity contribution < 1.29 is 13.2 Å². The van der Waals surface area contributed by atoms with Crippen molar-refractivity contribution >= 4 is 42.6 Å². The number of nitrogens with zero attached hydrogens (tertiary/aromatic N) is 4. The third-order valence-corrected chi connectivity index (χ3v) is 8.43. The molecule has 1 amide bonds. The van der Waals surface area contributed by atoms with Gasteiger partial charge in [-0.2, -0.15) is 4.31 Å². The van der Waals surface area contributed by atoms with E-state index in [4.69, 9.17) is 4.98 Å². The first-order chi connectivity index (χ1) is 17.3. The number of pyridine rings is 1. The Morgan fingerprint density at radius 2 is 1.72 bits per heavy atom. The molecule has 36 heavy (non-hydrogen) atoms. The zero-order valence-electron chi connectivity index (χ0n) is 19.9. The molecule has 0 aliphatic carbocycles. The van der Waals surface area contributed by atoms with Crippen LogP contribution in [0.3, 0.4) is 0 Å². The Labute approximate surface area is 215 Å². The summed E-state index contributed by atoms with van der Waals surface area (Å²) in [6, 6.07) is 17.4. The first-order valence-electron chi connectivity index (χ1n) is 11.2. The van der Waals surface area contributed by atoms with Crippen LogP contribution in [0.25, 0.3) is 10.2 Å². The molecule has 0 spiro atoms. The molecule has 9 heteroatoms. The largest absolute Gasteiger partial charge is 0.278 e. The maximum absolute atomic E-state index is 13.7. The number of carbonyl (C=O) groups excluding carboxylic acids is 1. The van der Waals surface area contributed by atoms with Crippen LogP contribution in [-0.4, -0.2) is 41.7 Å². The number of amides is 1. The number of fused-ring (bicyclic) bond motifs is 1. The normalized spacial score (nSPS) is 11.5. The third kappa shape index (κ3) is 5.28. The molecule has 0 fully saturated rings. The standard InChI is InChI=1S/C27H26N4O3S2/c1-4-17-30(18-5-2)36(33,34)23-14-12-21(13-15-23)26(32)31(19-22-10-6-7-16-28-22)27-29-25-20(3)9-8-11-24(25)35-27/h4-16H,1-2,17-19H2,3H3. The van der Waals surface area contributed by atoms with Crippen molar-refractivity contribution in [2.45, 2.75) is 18.4 Å². The lowest BCUT2D eigenvalue weighted by atomic mass is 10.2. The summed E-state index contributed by atoms with van der Waals surface area (Å²) in [5, 5.41) is 0.551. The van der Waals surface area contributed by atoms with Crippen LogP contribution in [0.4, 0.5) is 5.13 Å². The number of sulfonamides is 1. The van der Waals surface area contributed by atoms with Gasteiger partial charge < -0.3 is 0 Å². The smallest absolute Gasteiger partial charge is 0.260 e. The Bertz CT molecular complexity index is 1490. The molecule has 0 radical (unpaired) electrons. The summed E-state index contributed by atoms with van der Waals surface area (Å²) in [4.78, 5) is 24.5. The Morgan fingerprint density at radius 3 is 2.33 bits per heavy atom. The van der Waals surface area contributed by atoms with Gasteiger partial charge in [0.25, 0.3) is 5.91 Å². The van der Waals surface area contributed by atoms with Crippen molar-refractivity contribution in [3.8, 4) is 0 Å². The number of carbonyl (C=O) groups is 1. The van der Waals surface area contributed by atoms with Gasteiger partial charge in [-0.1, -0.05) is 41.7 Å². The third-order valence-electron chi connectivity index (χ3n) is 5.54. The first-order valence-corrected chi connectivity index (χ1v) is 13.5.